The van der Waals surface area contributed by atoms with E-state index in [1.807, 2.05) is 0 Å². The summed E-state index contributed by atoms with van der Waals surface area (Å²) >= 11 is 5.87. The van der Waals surface area contributed by atoms with Crippen LogP contribution in [0.15, 0.2) is 30.5 Å². The number of hydrogen-bond donors (Lipinski definition) is 1. The fraction of sp³-hybridized carbons (Fsp3) is 0.409. The van der Waals surface area contributed by atoms with E-state index in [1.54, 1.807) is 23.2 Å². The van der Waals surface area contributed by atoms with Gasteiger partial charge < -0.3 is 14.7 Å². The number of fused-ring (bicyclic) bond motifs is 1. The number of benzene rings is 1. The molecule has 0 bridgehead atoms. The number of amides is 2. The van der Waals surface area contributed by atoms with E-state index in [0.29, 0.717) is 35.9 Å². The molecule has 4 rings (SSSR count). The second-order valence-electron chi connectivity index (χ2n) is 7.78. The molecule has 1 aromatic carbocycles. The Labute approximate surface area is 184 Å². The lowest BCUT2D eigenvalue weighted by molar-refractivity contribution is -0.133. The average Bonchev–Trinajstić information content (AvgIpc) is 2.78. The van der Waals surface area contributed by atoms with Crippen molar-refractivity contribution in [2.75, 3.05) is 37.7 Å². The number of aliphatic hydroxyl groups excluding tert-OH is 1. The number of hydrogen-bond acceptors (Lipinski definition) is 5. The van der Waals surface area contributed by atoms with E-state index in [4.69, 9.17) is 21.4 Å². The SMILES string of the molecule is O=C(CN1C(=O)COc2cc(-c3ccc(F)c(Cl)c3)cnc21)N1CCC(CCO)CC1. The quantitative estimate of drug-likeness (QED) is 0.762. The minimum atomic E-state index is -0.511. The zero-order valence-corrected chi connectivity index (χ0v) is 17.6. The Morgan fingerprint density at radius 1 is 1.26 bits per heavy atom. The van der Waals surface area contributed by atoms with E-state index in [-0.39, 0.29) is 42.4 Å². The maximum Gasteiger partial charge on any atom is 0.266 e. The van der Waals surface area contributed by atoms with Crippen molar-refractivity contribution in [3.8, 4) is 16.9 Å². The summed E-state index contributed by atoms with van der Waals surface area (Å²) in [7, 11) is 0. The first-order valence-electron chi connectivity index (χ1n) is 10.2. The van der Waals surface area contributed by atoms with Gasteiger partial charge in [-0.3, -0.25) is 14.5 Å². The number of piperidine rings is 1. The van der Waals surface area contributed by atoms with Gasteiger partial charge in [0.2, 0.25) is 5.91 Å². The molecule has 0 saturated carbocycles. The van der Waals surface area contributed by atoms with Gasteiger partial charge in [0.1, 0.15) is 12.4 Å². The van der Waals surface area contributed by atoms with Crippen molar-refractivity contribution < 1.29 is 23.8 Å². The van der Waals surface area contributed by atoms with Crippen molar-refractivity contribution >= 4 is 29.2 Å². The highest BCUT2D eigenvalue weighted by Crippen LogP contribution is 2.35. The summed E-state index contributed by atoms with van der Waals surface area (Å²) in [5.74, 6) is 0.118. The molecular weight excluding hydrogens is 425 g/mol. The molecule has 164 valence electrons. The molecule has 2 amide bonds. The van der Waals surface area contributed by atoms with Gasteiger partial charge in [-0.2, -0.15) is 0 Å². The summed E-state index contributed by atoms with van der Waals surface area (Å²) in [5, 5.41) is 9.08. The molecule has 0 spiro atoms. The van der Waals surface area contributed by atoms with Crippen LogP contribution in [0.1, 0.15) is 19.3 Å². The molecule has 9 heteroatoms. The van der Waals surface area contributed by atoms with Crippen LogP contribution in [-0.2, 0) is 9.59 Å². The Morgan fingerprint density at radius 2 is 2.03 bits per heavy atom. The largest absolute Gasteiger partial charge is 0.480 e. The van der Waals surface area contributed by atoms with Crippen LogP contribution in [0.5, 0.6) is 5.75 Å². The lowest BCUT2D eigenvalue weighted by atomic mass is 9.94. The third kappa shape index (κ3) is 4.65. The van der Waals surface area contributed by atoms with E-state index in [1.165, 1.54) is 17.0 Å². The lowest BCUT2D eigenvalue weighted by Crippen LogP contribution is -2.48. The molecule has 1 fully saturated rings. The van der Waals surface area contributed by atoms with Crippen LogP contribution in [0, 0.1) is 11.7 Å². The highest BCUT2D eigenvalue weighted by molar-refractivity contribution is 6.31. The minimum Gasteiger partial charge on any atom is -0.480 e. The number of nitrogens with zero attached hydrogens (tertiary/aromatic N) is 3. The molecule has 1 saturated heterocycles. The molecule has 0 atom stereocenters. The van der Waals surface area contributed by atoms with E-state index in [0.717, 1.165) is 19.3 Å². The van der Waals surface area contributed by atoms with Gasteiger partial charge in [-0.25, -0.2) is 9.37 Å². The number of halogens is 2. The average molecular weight is 448 g/mol. The summed E-state index contributed by atoms with van der Waals surface area (Å²) < 4.78 is 19.0. The fourth-order valence-electron chi connectivity index (χ4n) is 3.97. The van der Waals surface area contributed by atoms with Gasteiger partial charge in [-0.05, 0) is 48.9 Å². The molecule has 31 heavy (non-hydrogen) atoms. The highest BCUT2D eigenvalue weighted by Gasteiger charge is 2.31. The number of aliphatic hydroxyl groups is 1. The zero-order chi connectivity index (χ0) is 22.0. The highest BCUT2D eigenvalue weighted by atomic mass is 35.5. The first-order valence-corrected chi connectivity index (χ1v) is 10.6. The first-order chi connectivity index (χ1) is 15.0. The summed E-state index contributed by atoms with van der Waals surface area (Å²) in [4.78, 5) is 32.7. The lowest BCUT2D eigenvalue weighted by Gasteiger charge is -2.34. The molecular formula is C22H23ClFN3O4. The summed E-state index contributed by atoms with van der Waals surface area (Å²) in [6.45, 7) is 1.11. The topological polar surface area (TPSA) is 83.0 Å². The smallest absolute Gasteiger partial charge is 0.266 e. The van der Waals surface area contributed by atoms with Crippen molar-refractivity contribution in [2.45, 2.75) is 19.3 Å². The Bertz CT molecular complexity index is 995. The van der Waals surface area contributed by atoms with E-state index < -0.39 is 5.82 Å². The van der Waals surface area contributed by atoms with E-state index in [9.17, 15) is 14.0 Å². The molecule has 1 N–H and O–H groups in total. The van der Waals surface area contributed by atoms with Crippen molar-refractivity contribution in [3.05, 3.63) is 41.3 Å². The Hall–Kier alpha value is -2.71. The Kier molecular flexibility index (Phi) is 6.38. The van der Waals surface area contributed by atoms with Crippen LogP contribution in [0.2, 0.25) is 5.02 Å². The van der Waals surface area contributed by atoms with Gasteiger partial charge in [0, 0.05) is 31.5 Å². The Morgan fingerprint density at radius 3 is 2.74 bits per heavy atom. The number of anilines is 1. The normalized spacial score (nSPS) is 16.8. The summed E-state index contributed by atoms with van der Waals surface area (Å²) in [6, 6.07) is 6.06. The standard InChI is InChI=1S/C22H23ClFN3O4/c23-17-9-15(1-2-18(17)24)16-10-19-22(25-11-16)27(21(30)13-31-19)12-20(29)26-6-3-14(4-7-26)5-8-28/h1-2,9-11,14,28H,3-8,12-13H2. The first kappa shape index (κ1) is 21.5. The number of pyridine rings is 1. The fourth-order valence-corrected chi connectivity index (χ4v) is 4.15. The van der Waals surface area contributed by atoms with Crippen molar-refractivity contribution in [2.24, 2.45) is 5.92 Å². The second-order valence-corrected chi connectivity index (χ2v) is 8.19. The van der Waals surface area contributed by atoms with Crippen LogP contribution in [0.25, 0.3) is 11.1 Å². The Balaban J connectivity index is 1.49. The third-order valence-corrected chi connectivity index (χ3v) is 6.08. The molecule has 7 nitrogen and oxygen atoms in total. The molecule has 0 aliphatic carbocycles. The van der Waals surface area contributed by atoms with E-state index >= 15 is 0 Å². The van der Waals surface area contributed by atoms with Gasteiger partial charge in [0.05, 0.1) is 5.02 Å². The molecule has 0 radical (unpaired) electrons. The van der Waals surface area contributed by atoms with Gasteiger partial charge in [-0.15, -0.1) is 0 Å². The number of carbonyl (C=O) groups is 2. The van der Waals surface area contributed by atoms with Crippen LogP contribution < -0.4 is 9.64 Å². The van der Waals surface area contributed by atoms with E-state index in [2.05, 4.69) is 4.98 Å². The van der Waals surface area contributed by atoms with Crippen molar-refractivity contribution in [3.63, 3.8) is 0 Å². The zero-order valence-electron chi connectivity index (χ0n) is 16.9. The molecule has 1 aromatic heterocycles. The minimum absolute atomic E-state index is 0.00120. The van der Waals surface area contributed by atoms with Crippen molar-refractivity contribution in [1.82, 2.24) is 9.88 Å². The van der Waals surface area contributed by atoms with Gasteiger partial charge in [0.25, 0.3) is 5.91 Å². The molecule has 3 heterocycles. The van der Waals surface area contributed by atoms with Gasteiger partial charge in [0.15, 0.2) is 18.2 Å². The predicted molar refractivity (Wildman–Crippen MR) is 113 cm³/mol. The summed E-state index contributed by atoms with van der Waals surface area (Å²) in [6.07, 6.45) is 3.99. The van der Waals surface area contributed by atoms with Crippen LogP contribution in [-0.4, -0.2) is 59.7 Å². The number of carbonyl (C=O) groups excluding carboxylic acids is 2. The summed E-state index contributed by atoms with van der Waals surface area (Å²) in [5.41, 5.74) is 1.32. The van der Waals surface area contributed by atoms with Gasteiger partial charge >= 0.3 is 0 Å². The maximum absolute atomic E-state index is 13.5. The molecule has 2 aliphatic heterocycles. The number of likely N-dealkylation sites (tertiary alicyclic amines) is 1. The van der Waals surface area contributed by atoms with Crippen molar-refractivity contribution in [1.29, 1.82) is 0 Å². The molecule has 2 aromatic rings. The monoisotopic (exact) mass is 447 g/mol. The third-order valence-electron chi connectivity index (χ3n) is 5.79. The molecule has 0 unspecified atom stereocenters. The number of ether oxygens (including phenoxy) is 1. The van der Waals surface area contributed by atoms with Crippen LogP contribution in [0.4, 0.5) is 10.2 Å². The number of rotatable bonds is 5. The second kappa shape index (κ2) is 9.20. The van der Waals surface area contributed by atoms with Crippen LogP contribution >= 0.6 is 11.6 Å². The number of aromatic nitrogens is 1. The van der Waals surface area contributed by atoms with Gasteiger partial charge in [-0.1, -0.05) is 17.7 Å². The van der Waals surface area contributed by atoms with Crippen LogP contribution in [0.3, 0.4) is 0 Å². The predicted octanol–water partition coefficient (Wildman–Crippen LogP) is 2.89. The maximum atomic E-state index is 13.5. The molecule has 2 aliphatic rings.